The van der Waals surface area contributed by atoms with Crippen molar-refractivity contribution in [1.82, 2.24) is 0 Å². The van der Waals surface area contributed by atoms with Gasteiger partial charge in [0.25, 0.3) is 0 Å². The summed E-state index contributed by atoms with van der Waals surface area (Å²) in [6.07, 6.45) is 19.8. The first-order chi connectivity index (χ1) is 13.1. The Morgan fingerprint density at radius 1 is 0.852 bits per heavy atom. The van der Waals surface area contributed by atoms with Gasteiger partial charge in [0.05, 0.1) is 0 Å². The summed E-state index contributed by atoms with van der Waals surface area (Å²) in [5.41, 5.74) is 0. The minimum absolute atomic E-state index is 0.282. The third-order valence-electron chi connectivity index (χ3n) is 5.15. The highest BCUT2D eigenvalue weighted by Gasteiger charge is 2.28. The van der Waals surface area contributed by atoms with Crippen LogP contribution in [0.15, 0.2) is 12.2 Å². The van der Waals surface area contributed by atoms with Gasteiger partial charge >= 0.3 is 0 Å². The lowest BCUT2D eigenvalue weighted by Crippen LogP contribution is -2.33. The molecule has 158 valence electrons. The number of unbranched alkanes of at least 4 members (excludes halogenated alkanes) is 12. The summed E-state index contributed by atoms with van der Waals surface area (Å²) in [6.45, 7) is 2.18. The van der Waals surface area contributed by atoms with E-state index in [0.717, 1.165) is 57.7 Å². The number of nitro groups is 1. The molecule has 0 aromatic carbocycles. The van der Waals surface area contributed by atoms with Crippen LogP contribution in [0.1, 0.15) is 110 Å². The van der Waals surface area contributed by atoms with Crippen LogP contribution in [-0.2, 0) is 4.79 Å². The second-order valence-electron chi connectivity index (χ2n) is 7.59. The molecule has 0 aromatic heterocycles. The van der Waals surface area contributed by atoms with Crippen molar-refractivity contribution in [3.63, 3.8) is 0 Å². The van der Waals surface area contributed by atoms with Gasteiger partial charge < -0.3 is 5.11 Å². The number of aldehydes is 1. The maximum Gasteiger partial charge on any atom is 0.238 e. The summed E-state index contributed by atoms with van der Waals surface area (Å²) in [4.78, 5) is 21.1. The number of aliphatic hydroxyl groups is 1. The van der Waals surface area contributed by atoms with E-state index in [2.05, 4.69) is 6.92 Å². The van der Waals surface area contributed by atoms with Gasteiger partial charge in [0.1, 0.15) is 12.4 Å². The molecule has 0 saturated heterocycles. The van der Waals surface area contributed by atoms with Crippen LogP contribution in [0.4, 0.5) is 0 Å². The van der Waals surface area contributed by atoms with Crippen molar-refractivity contribution in [2.24, 2.45) is 0 Å². The van der Waals surface area contributed by atoms with E-state index in [0.29, 0.717) is 12.8 Å². The summed E-state index contributed by atoms with van der Waals surface area (Å²) in [5.74, 6) is 0. The van der Waals surface area contributed by atoms with Crippen molar-refractivity contribution >= 4 is 6.29 Å². The number of hydrogen-bond acceptors (Lipinski definition) is 4. The van der Waals surface area contributed by atoms with Gasteiger partial charge in [-0.15, -0.1) is 0 Å². The van der Waals surface area contributed by atoms with Gasteiger partial charge in [0, 0.05) is 11.3 Å². The predicted octanol–water partition coefficient (Wildman–Crippen LogP) is 6.01. The van der Waals surface area contributed by atoms with Crippen LogP contribution in [0.25, 0.3) is 0 Å². The monoisotopic (exact) mass is 383 g/mol. The van der Waals surface area contributed by atoms with E-state index in [9.17, 15) is 20.0 Å². The SMILES string of the molecule is CCCCCCCCC(C(O)CCCCCCCCC/C=C/C=O)[N+](=O)[O-]. The third kappa shape index (κ3) is 16.7. The maximum absolute atomic E-state index is 11.2. The Morgan fingerprint density at radius 2 is 1.37 bits per heavy atom. The third-order valence-corrected chi connectivity index (χ3v) is 5.15. The van der Waals surface area contributed by atoms with E-state index in [-0.39, 0.29) is 4.92 Å². The first-order valence-corrected chi connectivity index (χ1v) is 11.0. The van der Waals surface area contributed by atoms with Crippen LogP contribution in [0.2, 0.25) is 0 Å². The van der Waals surface area contributed by atoms with Crippen LogP contribution < -0.4 is 0 Å². The zero-order valence-corrected chi connectivity index (χ0v) is 17.3. The second-order valence-corrected chi connectivity index (χ2v) is 7.59. The van der Waals surface area contributed by atoms with Gasteiger partial charge in [0.15, 0.2) is 0 Å². The van der Waals surface area contributed by atoms with E-state index < -0.39 is 12.1 Å². The average molecular weight is 384 g/mol. The van der Waals surface area contributed by atoms with Crippen molar-refractivity contribution in [1.29, 1.82) is 0 Å². The van der Waals surface area contributed by atoms with Crippen molar-refractivity contribution in [2.75, 3.05) is 0 Å². The van der Waals surface area contributed by atoms with Crippen molar-refractivity contribution < 1.29 is 14.8 Å². The summed E-state index contributed by atoms with van der Waals surface area (Å²) >= 11 is 0. The van der Waals surface area contributed by atoms with Gasteiger partial charge in [-0.05, 0) is 31.8 Å². The number of rotatable bonds is 20. The Labute approximate surface area is 165 Å². The molecule has 0 aliphatic rings. The summed E-state index contributed by atoms with van der Waals surface area (Å²) in [5, 5.41) is 21.4. The molecule has 2 atom stereocenters. The fourth-order valence-electron chi connectivity index (χ4n) is 3.42. The molecule has 0 spiro atoms. The molecule has 1 N–H and O–H groups in total. The normalized spacial score (nSPS) is 13.7. The van der Waals surface area contributed by atoms with Crippen LogP contribution in [0.3, 0.4) is 0 Å². The Hall–Kier alpha value is -1.23. The second kappa shape index (κ2) is 19.5. The number of allylic oxidation sites excluding steroid dienone is 2. The molecule has 0 bridgehead atoms. The van der Waals surface area contributed by atoms with Crippen molar-refractivity contribution in [3.8, 4) is 0 Å². The van der Waals surface area contributed by atoms with Crippen LogP contribution in [-0.4, -0.2) is 28.5 Å². The maximum atomic E-state index is 11.2. The standard InChI is InChI=1S/C22H41NO4/c1-2-3-4-5-12-15-18-21(23(26)27)22(25)19-16-13-10-8-6-7-9-11-14-17-20-24/h14,17,20-22,25H,2-13,15-16,18-19H2,1H3/b17-14+. The lowest BCUT2D eigenvalue weighted by molar-refractivity contribution is -0.535. The van der Waals surface area contributed by atoms with Gasteiger partial charge in [-0.25, -0.2) is 0 Å². The van der Waals surface area contributed by atoms with E-state index in [1.54, 1.807) is 6.08 Å². The number of nitrogens with zero attached hydrogens (tertiary/aromatic N) is 1. The van der Waals surface area contributed by atoms with Gasteiger partial charge in [0.2, 0.25) is 6.04 Å². The molecule has 5 nitrogen and oxygen atoms in total. The molecule has 0 aliphatic carbocycles. The molecular formula is C22H41NO4. The number of carbonyl (C=O) groups excluding carboxylic acids is 1. The highest BCUT2D eigenvalue weighted by molar-refractivity contribution is 5.64. The minimum atomic E-state index is -0.805. The largest absolute Gasteiger partial charge is 0.386 e. The Kier molecular flexibility index (Phi) is 18.6. The highest BCUT2D eigenvalue weighted by atomic mass is 16.6. The zero-order valence-electron chi connectivity index (χ0n) is 17.3. The van der Waals surface area contributed by atoms with Gasteiger partial charge in [-0.1, -0.05) is 83.6 Å². The first-order valence-electron chi connectivity index (χ1n) is 11.0. The smallest absolute Gasteiger partial charge is 0.238 e. The Bertz CT molecular complexity index is 385. The molecule has 2 unspecified atom stereocenters. The van der Waals surface area contributed by atoms with E-state index in [4.69, 9.17) is 0 Å². The lowest BCUT2D eigenvalue weighted by atomic mass is 9.98. The van der Waals surface area contributed by atoms with E-state index in [1.807, 2.05) is 6.08 Å². The predicted molar refractivity (Wildman–Crippen MR) is 112 cm³/mol. The average Bonchev–Trinajstić information content (AvgIpc) is 2.65. The first kappa shape index (κ1) is 25.8. The molecule has 0 heterocycles. The van der Waals surface area contributed by atoms with Crippen molar-refractivity contribution in [2.45, 2.75) is 122 Å². The fourth-order valence-corrected chi connectivity index (χ4v) is 3.42. The number of carbonyl (C=O) groups is 1. The van der Waals surface area contributed by atoms with E-state index >= 15 is 0 Å². The van der Waals surface area contributed by atoms with Gasteiger partial charge in [-0.3, -0.25) is 14.9 Å². The fraction of sp³-hybridized carbons (Fsp3) is 0.864. The molecule has 27 heavy (non-hydrogen) atoms. The molecule has 0 aromatic rings. The Morgan fingerprint density at radius 3 is 1.93 bits per heavy atom. The lowest BCUT2D eigenvalue weighted by Gasteiger charge is -2.16. The van der Waals surface area contributed by atoms with Gasteiger partial charge in [-0.2, -0.15) is 0 Å². The summed E-state index contributed by atoms with van der Waals surface area (Å²) in [7, 11) is 0. The molecule has 0 aliphatic heterocycles. The van der Waals surface area contributed by atoms with Crippen molar-refractivity contribution in [3.05, 3.63) is 22.3 Å². The Balaban J connectivity index is 3.67. The zero-order chi connectivity index (χ0) is 20.2. The molecule has 0 radical (unpaired) electrons. The molecule has 5 heteroatoms. The molecule has 0 saturated carbocycles. The van der Waals surface area contributed by atoms with Crippen LogP contribution in [0.5, 0.6) is 0 Å². The summed E-state index contributed by atoms with van der Waals surface area (Å²) < 4.78 is 0. The molecule has 0 fully saturated rings. The molecule has 0 rings (SSSR count). The topological polar surface area (TPSA) is 80.4 Å². The van der Waals surface area contributed by atoms with Crippen LogP contribution in [0, 0.1) is 10.1 Å². The highest BCUT2D eigenvalue weighted by Crippen LogP contribution is 2.17. The number of hydrogen-bond donors (Lipinski definition) is 1. The molecular weight excluding hydrogens is 342 g/mol. The van der Waals surface area contributed by atoms with Crippen LogP contribution >= 0.6 is 0 Å². The quantitative estimate of drug-likeness (QED) is 0.0917. The summed E-state index contributed by atoms with van der Waals surface area (Å²) in [6, 6.07) is -0.796. The minimum Gasteiger partial charge on any atom is -0.386 e. The molecule has 0 amide bonds. The van der Waals surface area contributed by atoms with E-state index in [1.165, 1.54) is 38.5 Å². The number of aliphatic hydroxyl groups excluding tert-OH is 1.